The number of carbonyl (C=O) groups is 1. The van der Waals surface area contributed by atoms with Crippen LogP contribution in [0.25, 0.3) is 0 Å². The minimum absolute atomic E-state index is 0.115. The van der Waals surface area contributed by atoms with Gasteiger partial charge in [-0.05, 0) is 54.0 Å². The molecule has 24 heavy (non-hydrogen) atoms. The van der Waals surface area contributed by atoms with Gasteiger partial charge in [-0.25, -0.2) is 4.39 Å². The lowest BCUT2D eigenvalue weighted by atomic mass is 9.94. The topological polar surface area (TPSA) is 41.1 Å². The van der Waals surface area contributed by atoms with Gasteiger partial charge in [0.05, 0.1) is 11.6 Å². The molecular formula is C19H19FN2OS. The third-order valence-corrected chi connectivity index (χ3v) is 5.86. The Morgan fingerprint density at radius 1 is 1.25 bits per heavy atom. The average Bonchev–Trinajstić information content (AvgIpc) is 2.63. The summed E-state index contributed by atoms with van der Waals surface area (Å²) in [5.74, 6) is 0.309. The number of rotatable bonds is 2. The number of halogens is 1. The maximum absolute atomic E-state index is 14.7. The number of thioether (sulfide) groups is 1. The highest BCUT2D eigenvalue weighted by Gasteiger charge is 2.27. The molecule has 0 aromatic heterocycles. The Morgan fingerprint density at radius 2 is 2.12 bits per heavy atom. The van der Waals surface area contributed by atoms with Gasteiger partial charge >= 0.3 is 0 Å². The lowest BCUT2D eigenvalue weighted by Crippen LogP contribution is -2.27. The lowest BCUT2D eigenvalue weighted by molar-refractivity contribution is -0.117. The summed E-state index contributed by atoms with van der Waals surface area (Å²) in [5.41, 5.74) is 3.06. The standard InChI is InChI=1S/C19H19FN2OS/c20-18-13-7-9-21-11-12(13)5-6-16(18)22-19(23)15-8-10-24-17-4-2-1-3-14(15)17/h1-6,15,21H,7-11H2,(H,22,23). The van der Waals surface area contributed by atoms with Crippen molar-refractivity contribution in [1.82, 2.24) is 5.32 Å². The van der Waals surface area contributed by atoms with Crippen molar-refractivity contribution in [3.63, 3.8) is 0 Å². The molecule has 2 aromatic rings. The smallest absolute Gasteiger partial charge is 0.232 e. The van der Waals surface area contributed by atoms with Crippen LogP contribution in [0, 0.1) is 5.82 Å². The number of amides is 1. The van der Waals surface area contributed by atoms with Crippen molar-refractivity contribution in [2.75, 3.05) is 17.6 Å². The maximum atomic E-state index is 14.7. The van der Waals surface area contributed by atoms with Crippen LogP contribution >= 0.6 is 11.8 Å². The van der Waals surface area contributed by atoms with E-state index in [2.05, 4.69) is 10.6 Å². The van der Waals surface area contributed by atoms with Gasteiger partial charge in [-0.1, -0.05) is 24.3 Å². The van der Waals surface area contributed by atoms with Crippen LogP contribution in [0.1, 0.15) is 29.0 Å². The number of carbonyl (C=O) groups excluding carboxylic acids is 1. The zero-order chi connectivity index (χ0) is 16.5. The summed E-state index contributed by atoms with van der Waals surface area (Å²) in [6.07, 6.45) is 1.44. The van der Waals surface area contributed by atoms with Crippen molar-refractivity contribution in [2.24, 2.45) is 0 Å². The summed E-state index contributed by atoms with van der Waals surface area (Å²) in [6.45, 7) is 1.46. The van der Waals surface area contributed by atoms with Crippen LogP contribution in [-0.2, 0) is 17.8 Å². The molecule has 0 fully saturated rings. The van der Waals surface area contributed by atoms with E-state index in [9.17, 15) is 9.18 Å². The van der Waals surface area contributed by atoms with E-state index in [0.717, 1.165) is 40.3 Å². The highest BCUT2D eigenvalue weighted by Crippen LogP contribution is 2.38. The van der Waals surface area contributed by atoms with Crippen molar-refractivity contribution in [3.8, 4) is 0 Å². The highest BCUT2D eigenvalue weighted by molar-refractivity contribution is 7.99. The second-order valence-corrected chi connectivity index (χ2v) is 7.35. The Labute approximate surface area is 145 Å². The van der Waals surface area contributed by atoms with Crippen molar-refractivity contribution >= 4 is 23.4 Å². The van der Waals surface area contributed by atoms with E-state index in [1.807, 2.05) is 30.3 Å². The molecule has 1 atom stereocenters. The van der Waals surface area contributed by atoms with E-state index in [0.29, 0.717) is 18.7 Å². The number of anilines is 1. The Balaban J connectivity index is 1.59. The molecule has 0 saturated carbocycles. The van der Waals surface area contributed by atoms with Crippen molar-refractivity contribution in [1.29, 1.82) is 0 Å². The molecule has 1 unspecified atom stereocenters. The molecule has 2 aromatic carbocycles. The summed E-state index contributed by atoms with van der Waals surface area (Å²) < 4.78 is 14.7. The van der Waals surface area contributed by atoms with Crippen LogP contribution in [0.3, 0.4) is 0 Å². The SMILES string of the molecule is O=C(Nc1ccc2c(c1F)CCNC2)C1CCSc2ccccc21. The fraction of sp³-hybridized carbons (Fsp3) is 0.316. The molecular weight excluding hydrogens is 323 g/mol. The Kier molecular flexibility index (Phi) is 4.29. The van der Waals surface area contributed by atoms with Crippen molar-refractivity contribution in [2.45, 2.75) is 30.2 Å². The summed E-state index contributed by atoms with van der Waals surface area (Å²) in [6, 6.07) is 11.6. The highest BCUT2D eigenvalue weighted by atomic mass is 32.2. The Hall–Kier alpha value is -1.85. The monoisotopic (exact) mass is 342 g/mol. The molecule has 3 nitrogen and oxygen atoms in total. The quantitative estimate of drug-likeness (QED) is 0.874. The lowest BCUT2D eigenvalue weighted by Gasteiger charge is -2.25. The zero-order valence-corrected chi connectivity index (χ0v) is 14.1. The van der Waals surface area contributed by atoms with E-state index in [4.69, 9.17) is 0 Å². The molecule has 2 N–H and O–H groups in total. The average molecular weight is 342 g/mol. The molecule has 0 aliphatic carbocycles. The number of hydrogen-bond acceptors (Lipinski definition) is 3. The Bertz CT molecular complexity index is 793. The van der Waals surface area contributed by atoms with E-state index in [-0.39, 0.29) is 17.6 Å². The van der Waals surface area contributed by atoms with Gasteiger partial charge < -0.3 is 10.6 Å². The first-order valence-electron chi connectivity index (χ1n) is 8.27. The summed E-state index contributed by atoms with van der Waals surface area (Å²) in [7, 11) is 0. The molecule has 1 amide bonds. The van der Waals surface area contributed by atoms with Crippen molar-refractivity contribution < 1.29 is 9.18 Å². The first-order valence-corrected chi connectivity index (χ1v) is 9.26. The van der Waals surface area contributed by atoms with Gasteiger partial charge in [-0.2, -0.15) is 0 Å². The fourth-order valence-electron chi connectivity index (χ4n) is 3.46. The molecule has 0 bridgehead atoms. The molecule has 2 aliphatic rings. The molecule has 2 heterocycles. The van der Waals surface area contributed by atoms with E-state index in [1.54, 1.807) is 17.8 Å². The summed E-state index contributed by atoms with van der Waals surface area (Å²) >= 11 is 1.78. The van der Waals surface area contributed by atoms with Gasteiger partial charge in [-0.15, -0.1) is 11.8 Å². The first kappa shape index (κ1) is 15.7. The Morgan fingerprint density at radius 3 is 3.04 bits per heavy atom. The first-order chi connectivity index (χ1) is 11.7. The van der Waals surface area contributed by atoms with Gasteiger partial charge in [0, 0.05) is 11.4 Å². The van der Waals surface area contributed by atoms with Gasteiger partial charge in [-0.3, -0.25) is 4.79 Å². The van der Waals surface area contributed by atoms with Gasteiger partial charge in [0.25, 0.3) is 0 Å². The largest absolute Gasteiger partial charge is 0.323 e. The second kappa shape index (κ2) is 6.57. The van der Waals surface area contributed by atoms with E-state index < -0.39 is 0 Å². The number of benzene rings is 2. The van der Waals surface area contributed by atoms with Crippen LogP contribution in [0.5, 0.6) is 0 Å². The van der Waals surface area contributed by atoms with Crippen LogP contribution in [0.15, 0.2) is 41.3 Å². The molecule has 0 spiro atoms. The third kappa shape index (κ3) is 2.82. The molecule has 5 heteroatoms. The molecule has 2 aliphatic heterocycles. The van der Waals surface area contributed by atoms with Gasteiger partial charge in [0.15, 0.2) is 0 Å². The van der Waals surface area contributed by atoms with Crippen molar-refractivity contribution in [3.05, 3.63) is 58.9 Å². The normalized spacial score (nSPS) is 19.3. The van der Waals surface area contributed by atoms with Gasteiger partial charge in [0.2, 0.25) is 5.91 Å². The van der Waals surface area contributed by atoms with E-state index in [1.165, 1.54) is 0 Å². The summed E-state index contributed by atoms with van der Waals surface area (Å²) in [5, 5.41) is 6.06. The second-order valence-electron chi connectivity index (χ2n) is 6.21. The predicted octanol–water partition coefficient (Wildman–Crippen LogP) is 3.69. The zero-order valence-electron chi connectivity index (χ0n) is 13.3. The van der Waals surface area contributed by atoms with Crippen LogP contribution in [-0.4, -0.2) is 18.2 Å². The van der Waals surface area contributed by atoms with Crippen LogP contribution in [0.2, 0.25) is 0 Å². The summed E-state index contributed by atoms with van der Waals surface area (Å²) in [4.78, 5) is 13.9. The van der Waals surface area contributed by atoms with E-state index >= 15 is 0 Å². The molecule has 124 valence electrons. The molecule has 0 radical (unpaired) electrons. The number of fused-ring (bicyclic) bond motifs is 2. The maximum Gasteiger partial charge on any atom is 0.232 e. The fourth-order valence-corrected chi connectivity index (χ4v) is 4.59. The third-order valence-electron chi connectivity index (χ3n) is 4.74. The number of hydrogen-bond donors (Lipinski definition) is 2. The molecule has 0 saturated heterocycles. The minimum Gasteiger partial charge on any atom is -0.323 e. The van der Waals surface area contributed by atoms with Crippen LogP contribution < -0.4 is 10.6 Å². The molecule has 4 rings (SSSR count). The minimum atomic E-state index is -0.277. The number of nitrogens with one attached hydrogen (secondary N) is 2. The van der Waals surface area contributed by atoms with Gasteiger partial charge in [0.1, 0.15) is 5.82 Å². The predicted molar refractivity (Wildman–Crippen MR) is 95.0 cm³/mol. The van der Waals surface area contributed by atoms with Crippen LogP contribution in [0.4, 0.5) is 10.1 Å².